The van der Waals surface area contributed by atoms with Crippen LogP contribution in [0.3, 0.4) is 0 Å². The van der Waals surface area contributed by atoms with Gasteiger partial charge in [-0.1, -0.05) is 35.5 Å². The molecule has 0 N–H and O–H groups in total. The molecule has 0 fully saturated rings. The zero-order valence-electron chi connectivity index (χ0n) is 8.47. The van der Waals surface area contributed by atoms with Gasteiger partial charge in [-0.3, -0.25) is 0 Å². The normalized spacial score (nSPS) is 10.8. The van der Waals surface area contributed by atoms with Crippen molar-refractivity contribution in [2.24, 2.45) is 5.16 Å². The Balaban J connectivity index is 1.82. The minimum absolute atomic E-state index is 0.504. The topological polar surface area (TPSA) is 21.6 Å². The maximum Gasteiger partial charge on any atom is 0.142 e. The molecule has 0 saturated heterocycles. The number of oxime groups is 1. The first kappa shape index (κ1) is 11.4. The van der Waals surface area contributed by atoms with Gasteiger partial charge in [-0.15, -0.1) is 11.3 Å². The lowest BCUT2D eigenvalue weighted by Gasteiger charge is -1.97. The van der Waals surface area contributed by atoms with E-state index in [1.165, 1.54) is 0 Å². The lowest BCUT2D eigenvalue weighted by molar-refractivity contribution is 0.132. The number of rotatable bonds is 4. The van der Waals surface area contributed by atoms with Crippen LogP contribution in [0.5, 0.6) is 0 Å². The first-order valence-corrected chi connectivity index (χ1v) is 6.45. The van der Waals surface area contributed by atoms with Crippen molar-refractivity contribution in [3.8, 4) is 0 Å². The van der Waals surface area contributed by atoms with Crippen molar-refractivity contribution in [3.63, 3.8) is 0 Å². The van der Waals surface area contributed by atoms with Gasteiger partial charge in [0.05, 0.1) is 6.21 Å². The summed E-state index contributed by atoms with van der Waals surface area (Å²) in [7, 11) is 0. The quantitative estimate of drug-likeness (QED) is 0.616. The molecule has 82 valence electrons. The largest absolute Gasteiger partial charge is 0.391 e. The van der Waals surface area contributed by atoms with E-state index in [-0.39, 0.29) is 0 Å². The zero-order valence-corrected chi connectivity index (χ0v) is 10.9. The second kappa shape index (κ2) is 5.82. The van der Waals surface area contributed by atoms with Crippen LogP contribution in [-0.4, -0.2) is 6.21 Å². The summed E-state index contributed by atoms with van der Waals surface area (Å²) >= 11 is 5.01. The molecule has 0 spiro atoms. The van der Waals surface area contributed by atoms with Crippen molar-refractivity contribution in [1.29, 1.82) is 0 Å². The van der Waals surface area contributed by atoms with Crippen molar-refractivity contribution in [3.05, 3.63) is 56.7 Å². The first-order valence-electron chi connectivity index (χ1n) is 4.78. The van der Waals surface area contributed by atoms with Gasteiger partial charge in [0.1, 0.15) is 6.61 Å². The molecule has 2 aromatic rings. The van der Waals surface area contributed by atoms with Crippen molar-refractivity contribution >= 4 is 33.5 Å². The highest BCUT2D eigenvalue weighted by atomic mass is 79.9. The van der Waals surface area contributed by atoms with Crippen molar-refractivity contribution in [2.75, 3.05) is 0 Å². The van der Waals surface area contributed by atoms with Gasteiger partial charge in [-0.25, -0.2) is 0 Å². The Labute approximate surface area is 107 Å². The number of nitrogens with zero attached hydrogens (tertiary/aromatic N) is 1. The highest BCUT2D eigenvalue weighted by Crippen LogP contribution is 2.17. The van der Waals surface area contributed by atoms with Gasteiger partial charge in [0.25, 0.3) is 0 Å². The van der Waals surface area contributed by atoms with Gasteiger partial charge in [-0.05, 0) is 27.6 Å². The molecule has 0 aliphatic rings. The van der Waals surface area contributed by atoms with Crippen LogP contribution >= 0.6 is 27.3 Å². The fraction of sp³-hybridized carbons (Fsp3) is 0.0833. The third kappa shape index (κ3) is 3.47. The van der Waals surface area contributed by atoms with Gasteiger partial charge in [0.15, 0.2) is 0 Å². The molecule has 0 bridgehead atoms. The van der Waals surface area contributed by atoms with E-state index < -0.39 is 0 Å². The molecule has 0 unspecified atom stereocenters. The van der Waals surface area contributed by atoms with E-state index in [4.69, 9.17) is 4.84 Å². The summed E-state index contributed by atoms with van der Waals surface area (Å²) < 4.78 is 1.07. The molecule has 0 aliphatic heterocycles. The standard InChI is InChI=1S/C12H10BrNOS/c13-11-6-12(16-9-11)7-14-15-8-10-4-2-1-3-5-10/h1-7,9H,8H2. The summed E-state index contributed by atoms with van der Waals surface area (Å²) in [5.74, 6) is 0. The summed E-state index contributed by atoms with van der Waals surface area (Å²) in [6, 6.07) is 12.0. The van der Waals surface area contributed by atoms with E-state index in [1.54, 1.807) is 17.6 Å². The van der Waals surface area contributed by atoms with Crippen LogP contribution in [0.1, 0.15) is 10.4 Å². The molecule has 1 aromatic carbocycles. The Morgan fingerprint density at radius 1 is 1.31 bits per heavy atom. The highest BCUT2D eigenvalue weighted by molar-refractivity contribution is 9.10. The summed E-state index contributed by atoms with van der Waals surface area (Å²) in [6.45, 7) is 0.504. The van der Waals surface area contributed by atoms with Crippen LogP contribution in [-0.2, 0) is 11.4 Å². The fourth-order valence-electron chi connectivity index (χ4n) is 1.17. The summed E-state index contributed by atoms with van der Waals surface area (Å²) in [5, 5.41) is 5.93. The third-order valence-electron chi connectivity index (χ3n) is 1.92. The van der Waals surface area contributed by atoms with Crippen LogP contribution in [0.25, 0.3) is 0 Å². The molecule has 0 atom stereocenters. The molecule has 0 radical (unpaired) electrons. The number of halogens is 1. The Morgan fingerprint density at radius 3 is 2.81 bits per heavy atom. The van der Waals surface area contributed by atoms with E-state index in [1.807, 2.05) is 41.8 Å². The van der Waals surface area contributed by atoms with E-state index in [0.29, 0.717) is 6.61 Å². The monoisotopic (exact) mass is 295 g/mol. The van der Waals surface area contributed by atoms with E-state index in [2.05, 4.69) is 21.1 Å². The predicted octanol–water partition coefficient (Wildman–Crippen LogP) is 4.06. The average Bonchev–Trinajstić information content (AvgIpc) is 2.72. The maximum atomic E-state index is 5.19. The van der Waals surface area contributed by atoms with Gasteiger partial charge in [0, 0.05) is 14.7 Å². The molecule has 4 heteroatoms. The predicted molar refractivity (Wildman–Crippen MR) is 70.8 cm³/mol. The van der Waals surface area contributed by atoms with Crippen LogP contribution in [0, 0.1) is 0 Å². The van der Waals surface area contributed by atoms with Gasteiger partial charge in [0.2, 0.25) is 0 Å². The number of hydrogen-bond acceptors (Lipinski definition) is 3. The summed E-state index contributed by atoms with van der Waals surface area (Å²) in [4.78, 5) is 6.26. The average molecular weight is 296 g/mol. The molecule has 0 saturated carbocycles. The molecule has 2 nitrogen and oxygen atoms in total. The van der Waals surface area contributed by atoms with E-state index in [0.717, 1.165) is 14.9 Å². The Bertz CT molecular complexity index is 467. The second-order valence-electron chi connectivity index (χ2n) is 3.16. The zero-order chi connectivity index (χ0) is 11.2. The van der Waals surface area contributed by atoms with Crippen LogP contribution in [0.15, 0.2) is 51.4 Å². The van der Waals surface area contributed by atoms with Gasteiger partial charge < -0.3 is 4.84 Å². The summed E-state index contributed by atoms with van der Waals surface area (Å²) in [6.07, 6.45) is 1.72. The van der Waals surface area contributed by atoms with Crippen LogP contribution < -0.4 is 0 Å². The molecule has 16 heavy (non-hydrogen) atoms. The van der Waals surface area contributed by atoms with Gasteiger partial charge >= 0.3 is 0 Å². The SMILES string of the molecule is Brc1csc(C=NOCc2ccccc2)c1. The molecular weight excluding hydrogens is 286 g/mol. The lowest BCUT2D eigenvalue weighted by Crippen LogP contribution is -1.86. The molecule has 2 rings (SSSR count). The Hall–Kier alpha value is -1.13. The second-order valence-corrected chi connectivity index (χ2v) is 5.02. The number of hydrogen-bond donors (Lipinski definition) is 0. The number of thiophene rings is 1. The Kier molecular flexibility index (Phi) is 4.13. The van der Waals surface area contributed by atoms with Crippen molar-refractivity contribution in [2.45, 2.75) is 6.61 Å². The van der Waals surface area contributed by atoms with E-state index >= 15 is 0 Å². The highest BCUT2D eigenvalue weighted by Gasteiger charge is 1.93. The van der Waals surface area contributed by atoms with E-state index in [9.17, 15) is 0 Å². The smallest absolute Gasteiger partial charge is 0.142 e. The molecule has 1 aromatic heterocycles. The minimum Gasteiger partial charge on any atom is -0.391 e. The van der Waals surface area contributed by atoms with Crippen LogP contribution in [0.2, 0.25) is 0 Å². The molecule has 0 aliphatic carbocycles. The van der Waals surface area contributed by atoms with Crippen molar-refractivity contribution < 1.29 is 4.84 Å². The lowest BCUT2D eigenvalue weighted by atomic mass is 10.2. The number of benzene rings is 1. The molecule has 0 amide bonds. The third-order valence-corrected chi connectivity index (χ3v) is 3.54. The Morgan fingerprint density at radius 2 is 2.12 bits per heavy atom. The fourth-order valence-corrected chi connectivity index (χ4v) is 2.47. The summed E-state index contributed by atoms with van der Waals surface area (Å²) in [5.41, 5.74) is 1.12. The molecular formula is C12H10BrNOS. The maximum absolute atomic E-state index is 5.19. The van der Waals surface area contributed by atoms with Crippen molar-refractivity contribution in [1.82, 2.24) is 0 Å². The first-order chi connectivity index (χ1) is 7.84. The van der Waals surface area contributed by atoms with Crippen LogP contribution in [0.4, 0.5) is 0 Å². The molecule has 1 heterocycles. The van der Waals surface area contributed by atoms with Gasteiger partial charge in [-0.2, -0.15) is 0 Å². The minimum atomic E-state index is 0.504.